The first-order valence-corrected chi connectivity index (χ1v) is 10.4. The van der Waals surface area contributed by atoms with Gasteiger partial charge in [-0.3, -0.25) is 4.99 Å². The summed E-state index contributed by atoms with van der Waals surface area (Å²) in [6, 6.07) is 14.9. The van der Waals surface area contributed by atoms with Crippen molar-refractivity contribution in [1.29, 1.82) is 0 Å². The Labute approximate surface area is 154 Å². The zero-order chi connectivity index (χ0) is 17.3. The molecule has 1 fully saturated rings. The number of nitrogens with one attached hydrogen (secondary N) is 1. The van der Waals surface area contributed by atoms with Gasteiger partial charge in [0.25, 0.3) is 0 Å². The maximum Gasteiger partial charge on any atom is 0.198 e. The van der Waals surface area contributed by atoms with Crippen LogP contribution in [0.15, 0.2) is 47.5 Å². The van der Waals surface area contributed by atoms with Crippen molar-refractivity contribution in [2.75, 3.05) is 43.0 Å². The first kappa shape index (κ1) is 18.1. The molecule has 3 rings (SSSR count). The normalized spacial score (nSPS) is 15.6. The maximum absolute atomic E-state index is 5.57. The van der Waals surface area contributed by atoms with E-state index in [2.05, 4.69) is 52.7 Å². The fraction of sp³-hybridized carbons (Fsp3) is 0.450. The van der Waals surface area contributed by atoms with Crippen LogP contribution < -0.4 is 11.1 Å². The highest BCUT2D eigenvalue weighted by Crippen LogP contribution is 2.23. The molecule has 0 spiro atoms. The van der Waals surface area contributed by atoms with Gasteiger partial charge in [0.2, 0.25) is 0 Å². The number of anilines is 1. The number of benzene rings is 2. The number of hydrogen-bond acceptors (Lipinski definition) is 3. The number of guanidine groups is 1. The molecular formula is C20H28N4S. The van der Waals surface area contributed by atoms with Gasteiger partial charge in [-0.15, -0.1) is 0 Å². The largest absolute Gasteiger partial charge is 0.343 e. The Hall–Kier alpha value is -1.72. The molecule has 0 radical (unpaired) electrons. The lowest BCUT2D eigenvalue weighted by Gasteiger charge is -2.30. The summed E-state index contributed by atoms with van der Waals surface area (Å²) in [5.41, 5.74) is 6.70. The van der Waals surface area contributed by atoms with E-state index >= 15 is 0 Å². The van der Waals surface area contributed by atoms with Crippen LogP contribution in [0, 0.1) is 0 Å². The molecule has 0 saturated carbocycles. The third-order valence-electron chi connectivity index (χ3n) is 4.45. The lowest BCUT2D eigenvalue weighted by atomic mass is 10.1. The Morgan fingerprint density at radius 1 is 1.04 bits per heavy atom. The SMILES string of the molecule is NCCSCCN=C(Nc1cccc2ccccc12)N1CCCCC1. The van der Waals surface area contributed by atoms with Crippen LogP contribution in [-0.2, 0) is 0 Å². The van der Waals surface area contributed by atoms with E-state index in [0.29, 0.717) is 0 Å². The number of thioether (sulfide) groups is 1. The highest BCUT2D eigenvalue weighted by atomic mass is 32.2. The summed E-state index contributed by atoms with van der Waals surface area (Å²) in [5, 5.41) is 6.12. The summed E-state index contributed by atoms with van der Waals surface area (Å²) in [5.74, 6) is 3.04. The van der Waals surface area contributed by atoms with Crippen molar-refractivity contribution in [3.63, 3.8) is 0 Å². The molecule has 1 heterocycles. The van der Waals surface area contributed by atoms with Crippen molar-refractivity contribution in [2.45, 2.75) is 19.3 Å². The second-order valence-electron chi connectivity index (χ2n) is 6.31. The molecule has 3 N–H and O–H groups in total. The van der Waals surface area contributed by atoms with Gasteiger partial charge in [-0.25, -0.2) is 0 Å². The zero-order valence-corrected chi connectivity index (χ0v) is 15.6. The second kappa shape index (κ2) is 9.68. The van der Waals surface area contributed by atoms with Crippen molar-refractivity contribution < 1.29 is 0 Å². The minimum Gasteiger partial charge on any atom is -0.343 e. The van der Waals surface area contributed by atoms with E-state index in [1.807, 2.05) is 11.8 Å². The molecule has 0 unspecified atom stereocenters. The number of nitrogens with zero attached hydrogens (tertiary/aromatic N) is 2. The van der Waals surface area contributed by atoms with Crippen LogP contribution >= 0.6 is 11.8 Å². The molecule has 134 valence electrons. The van der Waals surface area contributed by atoms with Crippen LogP contribution in [0.4, 0.5) is 5.69 Å². The van der Waals surface area contributed by atoms with E-state index in [0.717, 1.165) is 49.3 Å². The summed E-state index contributed by atoms with van der Waals surface area (Å²) in [6.45, 7) is 3.75. The summed E-state index contributed by atoms with van der Waals surface area (Å²) in [6.07, 6.45) is 3.82. The van der Waals surface area contributed by atoms with Crippen molar-refractivity contribution >= 4 is 34.2 Å². The third kappa shape index (κ3) is 5.13. The lowest BCUT2D eigenvalue weighted by Crippen LogP contribution is -2.40. The summed E-state index contributed by atoms with van der Waals surface area (Å²) >= 11 is 1.87. The predicted molar refractivity (Wildman–Crippen MR) is 112 cm³/mol. The van der Waals surface area contributed by atoms with Crippen LogP contribution in [0.1, 0.15) is 19.3 Å². The number of hydrogen-bond donors (Lipinski definition) is 2. The van der Waals surface area contributed by atoms with Crippen molar-refractivity contribution in [1.82, 2.24) is 4.90 Å². The van der Waals surface area contributed by atoms with Crippen LogP contribution in [0.2, 0.25) is 0 Å². The smallest absolute Gasteiger partial charge is 0.198 e. The summed E-state index contributed by atoms with van der Waals surface area (Å²) in [4.78, 5) is 7.29. The number of fused-ring (bicyclic) bond motifs is 1. The molecule has 0 amide bonds. The molecule has 1 saturated heterocycles. The fourth-order valence-corrected chi connectivity index (χ4v) is 3.77. The Morgan fingerprint density at radius 3 is 2.68 bits per heavy atom. The molecule has 4 nitrogen and oxygen atoms in total. The molecule has 0 aromatic heterocycles. The van der Waals surface area contributed by atoms with E-state index in [4.69, 9.17) is 10.7 Å². The summed E-state index contributed by atoms with van der Waals surface area (Å²) < 4.78 is 0. The van der Waals surface area contributed by atoms with E-state index in [1.165, 1.54) is 30.0 Å². The van der Waals surface area contributed by atoms with E-state index < -0.39 is 0 Å². The van der Waals surface area contributed by atoms with Gasteiger partial charge in [-0.1, -0.05) is 36.4 Å². The van der Waals surface area contributed by atoms with Gasteiger partial charge < -0.3 is 16.0 Å². The number of nitrogens with two attached hydrogens (primary N) is 1. The Morgan fingerprint density at radius 2 is 1.84 bits per heavy atom. The molecule has 0 bridgehead atoms. The average Bonchev–Trinajstić information content (AvgIpc) is 2.68. The van der Waals surface area contributed by atoms with E-state index in [1.54, 1.807) is 0 Å². The molecular weight excluding hydrogens is 328 g/mol. The highest BCUT2D eigenvalue weighted by molar-refractivity contribution is 7.99. The first-order valence-electron chi connectivity index (χ1n) is 9.20. The highest BCUT2D eigenvalue weighted by Gasteiger charge is 2.15. The average molecular weight is 357 g/mol. The van der Waals surface area contributed by atoms with Gasteiger partial charge in [0, 0.05) is 42.2 Å². The Bertz CT molecular complexity index is 690. The van der Waals surface area contributed by atoms with Crippen LogP contribution in [0.5, 0.6) is 0 Å². The van der Waals surface area contributed by atoms with Gasteiger partial charge in [-0.2, -0.15) is 11.8 Å². The van der Waals surface area contributed by atoms with Gasteiger partial charge in [0.05, 0.1) is 6.54 Å². The second-order valence-corrected chi connectivity index (χ2v) is 7.53. The number of piperidine rings is 1. The van der Waals surface area contributed by atoms with Crippen LogP contribution in [-0.4, -0.2) is 48.5 Å². The van der Waals surface area contributed by atoms with Crippen molar-refractivity contribution in [2.24, 2.45) is 10.7 Å². The minimum absolute atomic E-state index is 0.738. The quantitative estimate of drug-likeness (QED) is 0.470. The predicted octanol–water partition coefficient (Wildman–Crippen LogP) is 3.79. The van der Waals surface area contributed by atoms with Gasteiger partial charge in [0.15, 0.2) is 5.96 Å². The lowest BCUT2D eigenvalue weighted by molar-refractivity contribution is 0.341. The summed E-state index contributed by atoms with van der Waals surface area (Å²) in [7, 11) is 0. The number of rotatable bonds is 6. The monoisotopic (exact) mass is 356 g/mol. The molecule has 1 aliphatic rings. The van der Waals surface area contributed by atoms with Crippen molar-refractivity contribution in [3.8, 4) is 0 Å². The first-order chi connectivity index (χ1) is 12.4. The Balaban J connectivity index is 1.77. The minimum atomic E-state index is 0.738. The van der Waals surface area contributed by atoms with Crippen LogP contribution in [0.25, 0.3) is 10.8 Å². The fourth-order valence-electron chi connectivity index (χ4n) is 3.18. The van der Waals surface area contributed by atoms with Crippen LogP contribution in [0.3, 0.4) is 0 Å². The standard InChI is InChI=1S/C20H28N4S/c21-11-15-25-16-12-22-20(24-13-4-1-5-14-24)23-19-10-6-8-17-7-2-3-9-18(17)19/h2-3,6-10H,1,4-5,11-16,21H2,(H,22,23). The molecule has 5 heteroatoms. The van der Waals surface area contributed by atoms with E-state index in [-0.39, 0.29) is 0 Å². The van der Waals surface area contributed by atoms with E-state index in [9.17, 15) is 0 Å². The number of likely N-dealkylation sites (tertiary alicyclic amines) is 1. The number of aliphatic imine (C=N–C) groups is 1. The molecule has 0 atom stereocenters. The van der Waals surface area contributed by atoms with Crippen molar-refractivity contribution in [3.05, 3.63) is 42.5 Å². The van der Waals surface area contributed by atoms with Gasteiger partial charge >= 0.3 is 0 Å². The molecule has 0 aliphatic carbocycles. The molecule has 1 aliphatic heterocycles. The third-order valence-corrected chi connectivity index (χ3v) is 5.45. The molecule has 25 heavy (non-hydrogen) atoms. The van der Waals surface area contributed by atoms with Gasteiger partial charge in [0.1, 0.15) is 0 Å². The maximum atomic E-state index is 5.57. The molecule has 2 aromatic rings. The Kier molecular flexibility index (Phi) is 7.00. The van der Waals surface area contributed by atoms with Gasteiger partial charge in [-0.05, 0) is 30.7 Å². The topological polar surface area (TPSA) is 53.6 Å². The zero-order valence-electron chi connectivity index (χ0n) is 14.8. The molecule has 2 aromatic carbocycles.